The summed E-state index contributed by atoms with van der Waals surface area (Å²) in [6.07, 6.45) is -1.98. The standard InChI is InChI=1S/C8H11F3N2/c1-13-7-3-2-5(4-6(7)12)8(9,10)11/h2-3,6,13H,4,12H2,1H3. The molecular formula is C8H11F3N2. The van der Waals surface area contributed by atoms with Crippen LogP contribution in [0.2, 0.25) is 0 Å². The van der Waals surface area contributed by atoms with E-state index in [9.17, 15) is 13.2 Å². The summed E-state index contributed by atoms with van der Waals surface area (Å²) in [5, 5.41) is 2.75. The summed E-state index contributed by atoms with van der Waals surface area (Å²) in [4.78, 5) is 0. The van der Waals surface area contributed by atoms with E-state index >= 15 is 0 Å². The van der Waals surface area contributed by atoms with Gasteiger partial charge < -0.3 is 11.1 Å². The summed E-state index contributed by atoms with van der Waals surface area (Å²) >= 11 is 0. The van der Waals surface area contributed by atoms with E-state index in [-0.39, 0.29) is 6.42 Å². The highest BCUT2D eigenvalue weighted by molar-refractivity contribution is 5.29. The molecule has 0 saturated carbocycles. The van der Waals surface area contributed by atoms with Gasteiger partial charge in [-0.3, -0.25) is 0 Å². The minimum atomic E-state index is -4.26. The van der Waals surface area contributed by atoms with Gasteiger partial charge in [0.05, 0.1) is 0 Å². The van der Waals surface area contributed by atoms with Gasteiger partial charge in [0.1, 0.15) is 0 Å². The van der Waals surface area contributed by atoms with Crippen molar-refractivity contribution in [2.45, 2.75) is 18.6 Å². The zero-order chi connectivity index (χ0) is 10.1. The Labute approximate surface area is 74.3 Å². The molecule has 0 amide bonds. The Balaban J connectivity index is 2.84. The van der Waals surface area contributed by atoms with Crippen molar-refractivity contribution in [3.63, 3.8) is 0 Å². The molecule has 2 nitrogen and oxygen atoms in total. The molecule has 3 N–H and O–H groups in total. The van der Waals surface area contributed by atoms with Gasteiger partial charge in [-0.25, -0.2) is 0 Å². The fourth-order valence-corrected chi connectivity index (χ4v) is 1.21. The summed E-state index contributed by atoms with van der Waals surface area (Å²) in [6, 6.07) is -0.577. The van der Waals surface area contributed by atoms with Crippen molar-refractivity contribution in [2.75, 3.05) is 7.05 Å². The minimum Gasteiger partial charge on any atom is -0.390 e. The molecule has 0 saturated heterocycles. The van der Waals surface area contributed by atoms with Crippen LogP contribution in [0, 0.1) is 0 Å². The first-order valence-corrected chi connectivity index (χ1v) is 3.86. The van der Waals surface area contributed by atoms with E-state index in [2.05, 4.69) is 5.32 Å². The lowest BCUT2D eigenvalue weighted by Gasteiger charge is -2.22. The Morgan fingerprint density at radius 3 is 2.46 bits per heavy atom. The van der Waals surface area contributed by atoms with E-state index in [4.69, 9.17) is 5.73 Å². The van der Waals surface area contributed by atoms with E-state index in [0.717, 1.165) is 6.08 Å². The van der Waals surface area contributed by atoms with Gasteiger partial charge in [-0.05, 0) is 12.5 Å². The van der Waals surface area contributed by atoms with Crippen molar-refractivity contribution in [3.8, 4) is 0 Å². The Morgan fingerprint density at radius 2 is 2.08 bits per heavy atom. The molecule has 0 radical (unpaired) electrons. The molecule has 0 fully saturated rings. The van der Waals surface area contributed by atoms with Gasteiger partial charge in [0.2, 0.25) is 0 Å². The van der Waals surface area contributed by atoms with Crippen molar-refractivity contribution < 1.29 is 13.2 Å². The fraction of sp³-hybridized carbons (Fsp3) is 0.500. The maximum absolute atomic E-state index is 12.2. The van der Waals surface area contributed by atoms with Crippen LogP contribution < -0.4 is 11.1 Å². The van der Waals surface area contributed by atoms with Crippen molar-refractivity contribution in [2.24, 2.45) is 5.73 Å². The lowest BCUT2D eigenvalue weighted by molar-refractivity contribution is -0.0945. The third-order valence-electron chi connectivity index (χ3n) is 1.96. The molecule has 1 unspecified atom stereocenters. The monoisotopic (exact) mass is 192 g/mol. The molecule has 0 aromatic heterocycles. The highest BCUT2D eigenvalue weighted by Crippen LogP contribution is 2.31. The van der Waals surface area contributed by atoms with Gasteiger partial charge in [-0.1, -0.05) is 6.08 Å². The largest absolute Gasteiger partial charge is 0.412 e. The topological polar surface area (TPSA) is 38.0 Å². The molecule has 0 aromatic rings. The van der Waals surface area contributed by atoms with Crippen molar-refractivity contribution in [3.05, 3.63) is 23.4 Å². The molecule has 1 rings (SSSR count). The molecule has 0 spiro atoms. The second kappa shape index (κ2) is 3.41. The number of allylic oxidation sites excluding steroid dienone is 2. The van der Waals surface area contributed by atoms with Crippen LogP contribution in [0.5, 0.6) is 0 Å². The normalized spacial score (nSPS) is 23.6. The number of rotatable bonds is 1. The highest BCUT2D eigenvalue weighted by atomic mass is 19.4. The van der Waals surface area contributed by atoms with Crippen molar-refractivity contribution in [1.82, 2.24) is 5.32 Å². The van der Waals surface area contributed by atoms with Gasteiger partial charge in [-0.15, -0.1) is 0 Å². The Hall–Kier alpha value is -0.970. The summed E-state index contributed by atoms with van der Waals surface area (Å²) < 4.78 is 36.5. The summed E-state index contributed by atoms with van der Waals surface area (Å²) in [7, 11) is 1.64. The number of nitrogens with one attached hydrogen (secondary N) is 1. The van der Waals surface area contributed by atoms with Crippen LogP contribution in [-0.4, -0.2) is 19.3 Å². The highest BCUT2D eigenvalue weighted by Gasteiger charge is 2.35. The lowest BCUT2D eigenvalue weighted by atomic mass is 9.98. The van der Waals surface area contributed by atoms with Crippen LogP contribution in [0.4, 0.5) is 13.2 Å². The number of likely N-dealkylation sites (N-methyl/N-ethyl adjacent to an activating group) is 1. The Morgan fingerprint density at radius 1 is 1.46 bits per heavy atom. The predicted octanol–water partition coefficient (Wildman–Crippen LogP) is 1.31. The van der Waals surface area contributed by atoms with Crippen LogP contribution in [0.1, 0.15) is 6.42 Å². The van der Waals surface area contributed by atoms with Crippen molar-refractivity contribution >= 4 is 0 Å². The fourth-order valence-electron chi connectivity index (χ4n) is 1.21. The van der Waals surface area contributed by atoms with E-state index in [1.165, 1.54) is 6.08 Å². The SMILES string of the molecule is CNC1=CC=C(C(F)(F)F)CC1N. The molecular weight excluding hydrogens is 181 g/mol. The van der Waals surface area contributed by atoms with Gasteiger partial charge in [0.25, 0.3) is 0 Å². The van der Waals surface area contributed by atoms with Gasteiger partial charge in [-0.2, -0.15) is 13.2 Å². The number of halogens is 3. The van der Waals surface area contributed by atoms with Crippen LogP contribution >= 0.6 is 0 Å². The number of alkyl halides is 3. The predicted molar refractivity (Wildman–Crippen MR) is 43.9 cm³/mol. The van der Waals surface area contributed by atoms with Gasteiger partial charge >= 0.3 is 6.18 Å². The quantitative estimate of drug-likeness (QED) is 0.657. The zero-order valence-electron chi connectivity index (χ0n) is 7.15. The summed E-state index contributed by atoms with van der Waals surface area (Å²) in [5.74, 6) is 0. The number of hydrogen-bond acceptors (Lipinski definition) is 2. The number of hydrogen-bond donors (Lipinski definition) is 2. The Bertz CT molecular complexity index is 253. The van der Waals surface area contributed by atoms with Gasteiger partial charge in [0, 0.05) is 24.4 Å². The molecule has 0 bridgehead atoms. The molecule has 0 aliphatic heterocycles. The molecule has 74 valence electrons. The molecule has 1 aliphatic carbocycles. The third kappa shape index (κ3) is 2.24. The average molecular weight is 192 g/mol. The summed E-state index contributed by atoms with van der Waals surface area (Å²) in [5.41, 5.74) is 5.57. The van der Waals surface area contributed by atoms with E-state index < -0.39 is 17.8 Å². The zero-order valence-corrected chi connectivity index (χ0v) is 7.15. The molecule has 13 heavy (non-hydrogen) atoms. The number of nitrogens with two attached hydrogens (primary N) is 1. The minimum absolute atomic E-state index is 0.157. The second-order valence-electron chi connectivity index (χ2n) is 2.87. The molecule has 1 aliphatic rings. The maximum Gasteiger partial charge on any atom is 0.412 e. The lowest BCUT2D eigenvalue weighted by Crippen LogP contribution is -2.34. The molecule has 1 atom stereocenters. The first-order chi connectivity index (χ1) is 5.95. The first-order valence-electron chi connectivity index (χ1n) is 3.86. The average Bonchev–Trinajstić information content (AvgIpc) is 2.02. The van der Waals surface area contributed by atoms with E-state index in [1.54, 1.807) is 7.05 Å². The smallest absolute Gasteiger partial charge is 0.390 e. The molecule has 0 heterocycles. The van der Waals surface area contributed by atoms with Crippen LogP contribution in [0.25, 0.3) is 0 Å². The first kappa shape index (κ1) is 10.1. The van der Waals surface area contributed by atoms with E-state index in [0.29, 0.717) is 5.70 Å². The summed E-state index contributed by atoms with van der Waals surface area (Å²) in [6.45, 7) is 0. The second-order valence-corrected chi connectivity index (χ2v) is 2.87. The third-order valence-corrected chi connectivity index (χ3v) is 1.96. The van der Waals surface area contributed by atoms with Crippen molar-refractivity contribution in [1.29, 1.82) is 0 Å². The maximum atomic E-state index is 12.2. The molecule has 0 aromatic carbocycles. The van der Waals surface area contributed by atoms with Crippen LogP contribution in [0.3, 0.4) is 0 Å². The van der Waals surface area contributed by atoms with E-state index in [1.807, 2.05) is 0 Å². The van der Waals surface area contributed by atoms with Crippen LogP contribution in [-0.2, 0) is 0 Å². The van der Waals surface area contributed by atoms with Gasteiger partial charge in [0.15, 0.2) is 0 Å². The Kier molecular flexibility index (Phi) is 2.66. The molecule has 5 heteroatoms. The van der Waals surface area contributed by atoms with Crippen LogP contribution in [0.15, 0.2) is 23.4 Å².